The molecule has 0 unspecified atom stereocenters. The summed E-state index contributed by atoms with van der Waals surface area (Å²) in [5, 5.41) is 11.0. The molecule has 0 aliphatic carbocycles. The predicted molar refractivity (Wildman–Crippen MR) is 93.2 cm³/mol. The Morgan fingerprint density at radius 3 is 2.19 bits per heavy atom. The molecule has 2 N–H and O–H groups in total. The Morgan fingerprint density at radius 1 is 1.15 bits per heavy atom. The molecule has 3 rings (SSSR count). The van der Waals surface area contributed by atoms with Gasteiger partial charge in [-0.3, -0.25) is 4.79 Å². The van der Waals surface area contributed by atoms with Crippen LogP contribution >= 0.6 is 11.6 Å². The molecule has 27 heavy (non-hydrogen) atoms. The summed E-state index contributed by atoms with van der Waals surface area (Å²) in [4.78, 5) is 29.6. The number of carbonyl (C=O) groups is 2. The van der Waals surface area contributed by atoms with Crippen molar-refractivity contribution in [2.24, 2.45) is 0 Å². The van der Waals surface area contributed by atoms with E-state index in [2.05, 4.69) is 15.2 Å². The standard InChI is InChI=1S/C14H19ClN4O.C2HF3O2/c15-12-9-11(14(20)19-5-1-2-6-19)10-17-13(12)18-7-3-16-4-8-18;3-2(4,5)1(6)7/h9-10,16H,1-8H2;(H,6,7). The van der Waals surface area contributed by atoms with Gasteiger partial charge in [0.1, 0.15) is 5.82 Å². The van der Waals surface area contributed by atoms with E-state index < -0.39 is 12.1 Å². The Balaban J connectivity index is 0.000000321. The Kier molecular flexibility index (Phi) is 7.25. The van der Waals surface area contributed by atoms with Crippen LogP contribution < -0.4 is 10.2 Å². The highest BCUT2D eigenvalue weighted by Gasteiger charge is 2.38. The van der Waals surface area contributed by atoms with Crippen molar-refractivity contribution in [3.05, 3.63) is 22.8 Å². The van der Waals surface area contributed by atoms with Crippen molar-refractivity contribution < 1.29 is 27.9 Å². The molecule has 0 saturated carbocycles. The van der Waals surface area contributed by atoms with Gasteiger partial charge in [0.15, 0.2) is 0 Å². The van der Waals surface area contributed by atoms with Crippen molar-refractivity contribution in [3.8, 4) is 0 Å². The summed E-state index contributed by atoms with van der Waals surface area (Å²) < 4.78 is 31.7. The minimum atomic E-state index is -5.08. The molecule has 0 spiro atoms. The lowest BCUT2D eigenvalue weighted by atomic mass is 10.2. The van der Waals surface area contributed by atoms with E-state index in [1.165, 1.54) is 0 Å². The molecule has 2 saturated heterocycles. The maximum Gasteiger partial charge on any atom is 0.490 e. The maximum atomic E-state index is 12.3. The number of carboxylic acids is 1. The number of aromatic nitrogens is 1. The van der Waals surface area contributed by atoms with Gasteiger partial charge >= 0.3 is 12.1 Å². The Hall–Kier alpha value is -2.07. The number of amides is 1. The van der Waals surface area contributed by atoms with Crippen LogP contribution in [-0.4, -0.2) is 72.3 Å². The molecule has 11 heteroatoms. The molecule has 2 aliphatic rings. The second kappa shape index (κ2) is 9.23. The molecule has 2 aliphatic heterocycles. The topological polar surface area (TPSA) is 85.8 Å². The van der Waals surface area contributed by atoms with Gasteiger partial charge in [-0.05, 0) is 18.9 Å². The predicted octanol–water partition coefficient (Wildman–Crippen LogP) is 2.01. The number of carbonyl (C=O) groups excluding carboxylic acids is 1. The molecular weight excluding hydrogens is 389 g/mol. The number of aliphatic carboxylic acids is 1. The van der Waals surface area contributed by atoms with Gasteiger partial charge in [0, 0.05) is 45.5 Å². The minimum absolute atomic E-state index is 0.0451. The zero-order valence-electron chi connectivity index (χ0n) is 14.4. The summed E-state index contributed by atoms with van der Waals surface area (Å²) in [5.41, 5.74) is 0.593. The molecule has 1 amide bonds. The summed E-state index contributed by atoms with van der Waals surface area (Å²) in [6, 6.07) is 1.76. The van der Waals surface area contributed by atoms with Crippen molar-refractivity contribution in [1.82, 2.24) is 15.2 Å². The quantitative estimate of drug-likeness (QED) is 0.778. The molecule has 7 nitrogen and oxygen atoms in total. The number of hydrogen-bond donors (Lipinski definition) is 2. The van der Waals surface area contributed by atoms with Gasteiger partial charge in [-0.2, -0.15) is 13.2 Å². The van der Waals surface area contributed by atoms with Crippen LogP contribution in [0.4, 0.5) is 19.0 Å². The Bertz CT molecular complexity index is 675. The molecule has 0 bridgehead atoms. The number of nitrogens with one attached hydrogen (secondary N) is 1. The summed E-state index contributed by atoms with van der Waals surface area (Å²) in [6.45, 7) is 5.35. The van der Waals surface area contributed by atoms with Crippen LogP contribution in [0.3, 0.4) is 0 Å². The second-order valence-electron chi connectivity index (χ2n) is 6.07. The number of nitrogens with zero attached hydrogens (tertiary/aromatic N) is 3. The van der Waals surface area contributed by atoms with E-state index in [4.69, 9.17) is 21.5 Å². The van der Waals surface area contributed by atoms with Crippen LogP contribution in [0.15, 0.2) is 12.3 Å². The molecular formula is C16H20ClF3N4O3. The second-order valence-corrected chi connectivity index (χ2v) is 6.48. The van der Waals surface area contributed by atoms with Gasteiger partial charge in [0.25, 0.3) is 5.91 Å². The van der Waals surface area contributed by atoms with E-state index in [1.54, 1.807) is 12.3 Å². The highest BCUT2D eigenvalue weighted by Crippen LogP contribution is 2.25. The lowest BCUT2D eigenvalue weighted by Gasteiger charge is -2.29. The number of hydrogen-bond acceptors (Lipinski definition) is 5. The molecule has 1 aromatic rings. The highest BCUT2D eigenvalue weighted by molar-refractivity contribution is 6.33. The van der Waals surface area contributed by atoms with Gasteiger partial charge in [-0.15, -0.1) is 0 Å². The number of anilines is 1. The first-order chi connectivity index (χ1) is 12.7. The van der Waals surface area contributed by atoms with Crippen molar-refractivity contribution in [2.75, 3.05) is 44.2 Å². The van der Waals surface area contributed by atoms with Gasteiger partial charge in [-0.1, -0.05) is 11.6 Å². The van der Waals surface area contributed by atoms with Crippen LogP contribution in [0.2, 0.25) is 5.02 Å². The van der Waals surface area contributed by atoms with Crippen LogP contribution in [0.5, 0.6) is 0 Å². The van der Waals surface area contributed by atoms with E-state index in [9.17, 15) is 18.0 Å². The average molecular weight is 409 g/mol. The fraction of sp³-hybridized carbons (Fsp3) is 0.562. The summed E-state index contributed by atoms with van der Waals surface area (Å²) in [7, 11) is 0. The monoisotopic (exact) mass is 408 g/mol. The smallest absolute Gasteiger partial charge is 0.475 e. The van der Waals surface area contributed by atoms with Crippen LogP contribution in [0.25, 0.3) is 0 Å². The van der Waals surface area contributed by atoms with Crippen molar-refractivity contribution in [1.29, 1.82) is 0 Å². The minimum Gasteiger partial charge on any atom is -0.475 e. The van der Waals surface area contributed by atoms with Crippen LogP contribution in [-0.2, 0) is 4.79 Å². The Morgan fingerprint density at radius 2 is 1.70 bits per heavy atom. The number of alkyl halides is 3. The molecule has 0 aromatic carbocycles. The lowest BCUT2D eigenvalue weighted by molar-refractivity contribution is -0.192. The van der Waals surface area contributed by atoms with Crippen molar-refractivity contribution in [2.45, 2.75) is 19.0 Å². The van der Waals surface area contributed by atoms with E-state index in [0.29, 0.717) is 10.6 Å². The van der Waals surface area contributed by atoms with E-state index in [0.717, 1.165) is 57.9 Å². The first-order valence-electron chi connectivity index (χ1n) is 8.40. The average Bonchev–Trinajstić information content (AvgIpc) is 3.16. The van der Waals surface area contributed by atoms with Crippen molar-refractivity contribution in [3.63, 3.8) is 0 Å². The molecule has 150 valence electrons. The summed E-state index contributed by atoms with van der Waals surface area (Å²) in [5.74, 6) is -1.93. The van der Waals surface area contributed by atoms with Crippen molar-refractivity contribution >= 4 is 29.3 Å². The fourth-order valence-electron chi connectivity index (χ4n) is 2.76. The number of rotatable bonds is 2. The first-order valence-corrected chi connectivity index (χ1v) is 8.78. The molecule has 0 atom stereocenters. The number of pyridine rings is 1. The van der Waals surface area contributed by atoms with E-state index in [1.807, 2.05) is 4.90 Å². The first kappa shape index (κ1) is 21.2. The van der Waals surface area contributed by atoms with Gasteiger partial charge in [-0.25, -0.2) is 9.78 Å². The molecule has 1 aromatic heterocycles. The fourth-order valence-corrected chi connectivity index (χ4v) is 3.05. The maximum absolute atomic E-state index is 12.3. The van der Waals surface area contributed by atoms with Crippen LogP contribution in [0, 0.1) is 0 Å². The number of carboxylic acid groups (broad SMARTS) is 1. The lowest BCUT2D eigenvalue weighted by Crippen LogP contribution is -2.44. The van der Waals surface area contributed by atoms with Gasteiger partial charge in [0.05, 0.1) is 10.6 Å². The summed E-state index contributed by atoms with van der Waals surface area (Å²) >= 11 is 6.32. The highest BCUT2D eigenvalue weighted by atomic mass is 35.5. The zero-order chi connectivity index (χ0) is 20.0. The van der Waals surface area contributed by atoms with Gasteiger partial charge in [0.2, 0.25) is 0 Å². The largest absolute Gasteiger partial charge is 0.490 e. The Labute approximate surface area is 159 Å². The SMILES string of the molecule is O=C(O)C(F)(F)F.O=C(c1cnc(N2CCNCC2)c(Cl)c1)N1CCCC1. The third-order valence-corrected chi connectivity index (χ3v) is 4.40. The third kappa shape index (κ3) is 5.96. The van der Waals surface area contributed by atoms with E-state index in [-0.39, 0.29) is 5.91 Å². The number of piperazine rings is 1. The number of likely N-dealkylation sites (tertiary alicyclic amines) is 1. The van der Waals surface area contributed by atoms with E-state index >= 15 is 0 Å². The zero-order valence-corrected chi connectivity index (χ0v) is 15.2. The molecule has 3 heterocycles. The molecule has 0 radical (unpaired) electrons. The molecule has 2 fully saturated rings. The number of halogens is 4. The normalized spacial score (nSPS) is 17.3. The van der Waals surface area contributed by atoms with Gasteiger partial charge < -0.3 is 20.2 Å². The van der Waals surface area contributed by atoms with Crippen LogP contribution in [0.1, 0.15) is 23.2 Å². The summed E-state index contributed by atoms with van der Waals surface area (Å²) in [6.07, 6.45) is -1.25. The third-order valence-electron chi connectivity index (χ3n) is 4.12.